The number of aromatic amines is 1. The van der Waals surface area contributed by atoms with Gasteiger partial charge in [-0.15, -0.1) is 0 Å². The van der Waals surface area contributed by atoms with Gasteiger partial charge in [-0.2, -0.15) is 0 Å². The summed E-state index contributed by atoms with van der Waals surface area (Å²) in [5, 5.41) is 14.5. The van der Waals surface area contributed by atoms with Crippen molar-refractivity contribution in [3.05, 3.63) is 40.8 Å². The summed E-state index contributed by atoms with van der Waals surface area (Å²) >= 11 is 6.12. The number of carbonyl (C=O) groups is 1. The first-order valence-electron chi connectivity index (χ1n) is 10.7. The maximum Gasteiger partial charge on any atom is 0.308 e. The Morgan fingerprint density at radius 3 is 2.74 bits per heavy atom. The minimum absolute atomic E-state index is 0.186. The minimum Gasteiger partial charge on any atom is -0.481 e. The average Bonchev–Trinajstić information content (AvgIpc) is 3.43. The second-order valence-corrected chi connectivity index (χ2v) is 9.00. The van der Waals surface area contributed by atoms with Crippen LogP contribution >= 0.6 is 11.6 Å². The lowest BCUT2D eigenvalue weighted by molar-refractivity contribution is -0.148. The van der Waals surface area contributed by atoms with E-state index in [9.17, 15) is 9.90 Å². The molecule has 0 spiro atoms. The van der Waals surface area contributed by atoms with Gasteiger partial charge >= 0.3 is 5.97 Å². The number of amidine groups is 2. The standard InChI is InChI=1S/C22H25ClN6O2/c23-13-8-14-15(10-27-20(14)26-9-13)19(24)29-21(16-2-1-7-25-16)28-18-12-5-3-11(4-6-12)17(18)22(30)31/h2,8-12,17-18,25H,1,3-7H2,(H,26,27)(H,30,31)(H2,24,28,29)/t11?,12?,17-,18-/m0/s1. The number of carboxylic acid groups (broad SMARTS) is 1. The SMILES string of the molecule is NC(=NC(=N[C@H]1C2CCC(CC2)[C@@H]1C(=O)O)C1=CCCN1)c1c[nH]c2ncc(Cl)cc12. The van der Waals surface area contributed by atoms with Gasteiger partial charge in [0.25, 0.3) is 0 Å². The predicted octanol–water partition coefficient (Wildman–Crippen LogP) is 3.09. The number of hydrogen-bond donors (Lipinski definition) is 4. The molecule has 2 atom stereocenters. The Bertz CT molecular complexity index is 1110. The van der Waals surface area contributed by atoms with Gasteiger partial charge in [-0.05, 0) is 50.0 Å². The lowest BCUT2D eigenvalue weighted by Crippen LogP contribution is -2.47. The highest BCUT2D eigenvalue weighted by Gasteiger charge is 2.47. The van der Waals surface area contributed by atoms with Crippen LogP contribution in [0.2, 0.25) is 5.02 Å². The van der Waals surface area contributed by atoms with Crippen molar-refractivity contribution in [1.82, 2.24) is 15.3 Å². The maximum absolute atomic E-state index is 12.1. The van der Waals surface area contributed by atoms with E-state index < -0.39 is 11.9 Å². The van der Waals surface area contributed by atoms with Gasteiger partial charge in [0, 0.05) is 29.9 Å². The second-order valence-electron chi connectivity index (χ2n) is 8.56. The number of aromatic nitrogens is 2. The molecule has 6 rings (SSSR count). The van der Waals surface area contributed by atoms with E-state index in [1.807, 2.05) is 6.08 Å². The number of hydrogen-bond acceptors (Lipinski definition) is 4. The van der Waals surface area contributed by atoms with Crippen molar-refractivity contribution in [2.75, 3.05) is 6.54 Å². The molecule has 5 N–H and O–H groups in total. The number of halogens is 1. The minimum atomic E-state index is -0.759. The number of carboxylic acids is 1. The van der Waals surface area contributed by atoms with Crippen molar-refractivity contribution < 1.29 is 9.90 Å². The molecular weight excluding hydrogens is 416 g/mol. The molecule has 162 valence electrons. The number of aliphatic imine (C=N–C) groups is 2. The molecule has 2 bridgehead atoms. The molecule has 3 fully saturated rings. The highest BCUT2D eigenvalue weighted by molar-refractivity contribution is 6.31. The molecule has 0 unspecified atom stereocenters. The van der Waals surface area contributed by atoms with Crippen molar-refractivity contribution >= 4 is 40.3 Å². The van der Waals surface area contributed by atoms with Crippen LogP contribution < -0.4 is 11.1 Å². The summed E-state index contributed by atoms with van der Waals surface area (Å²) in [6.45, 7) is 0.801. The van der Waals surface area contributed by atoms with Crippen molar-refractivity contribution in [3.8, 4) is 0 Å². The van der Waals surface area contributed by atoms with Crippen molar-refractivity contribution in [2.24, 2.45) is 33.5 Å². The van der Waals surface area contributed by atoms with Gasteiger partial charge in [0.05, 0.1) is 22.7 Å². The monoisotopic (exact) mass is 440 g/mol. The number of aliphatic carboxylic acids is 1. The molecule has 9 heteroatoms. The number of nitrogens with one attached hydrogen (secondary N) is 2. The zero-order valence-electron chi connectivity index (χ0n) is 17.0. The van der Waals surface area contributed by atoms with Crippen LogP contribution in [-0.2, 0) is 4.79 Å². The molecule has 8 nitrogen and oxygen atoms in total. The first-order valence-corrected chi connectivity index (χ1v) is 11.1. The maximum atomic E-state index is 12.1. The number of rotatable bonds is 4. The zero-order valence-corrected chi connectivity index (χ0v) is 17.8. The molecule has 3 saturated carbocycles. The van der Waals surface area contributed by atoms with Crippen LogP contribution in [-0.4, -0.2) is 45.3 Å². The Morgan fingerprint density at radius 2 is 2.03 bits per heavy atom. The number of nitrogens with two attached hydrogens (primary N) is 1. The van der Waals surface area contributed by atoms with Crippen LogP contribution in [0.1, 0.15) is 37.7 Å². The lowest BCUT2D eigenvalue weighted by atomic mass is 9.62. The van der Waals surface area contributed by atoms with Gasteiger partial charge in [0.2, 0.25) is 0 Å². The summed E-state index contributed by atoms with van der Waals surface area (Å²) in [6.07, 6.45) is 10.2. The molecule has 4 aliphatic rings. The number of pyridine rings is 1. The van der Waals surface area contributed by atoms with Gasteiger partial charge in [0.15, 0.2) is 5.84 Å². The summed E-state index contributed by atoms with van der Waals surface area (Å²) in [7, 11) is 0. The van der Waals surface area contributed by atoms with Crippen LogP contribution in [0.4, 0.5) is 0 Å². The Balaban J connectivity index is 1.56. The van der Waals surface area contributed by atoms with Crippen molar-refractivity contribution in [2.45, 2.75) is 38.1 Å². The van der Waals surface area contributed by atoms with Crippen LogP contribution in [0.3, 0.4) is 0 Å². The van der Waals surface area contributed by atoms with E-state index in [0.717, 1.165) is 49.7 Å². The van der Waals surface area contributed by atoms with Gasteiger partial charge in [0.1, 0.15) is 11.5 Å². The molecule has 0 saturated heterocycles. The molecule has 2 aromatic rings. The average molecular weight is 441 g/mol. The summed E-state index contributed by atoms with van der Waals surface area (Å²) in [5.74, 6) is 0.00336. The third kappa shape index (κ3) is 3.69. The van der Waals surface area contributed by atoms with E-state index in [-0.39, 0.29) is 23.7 Å². The van der Waals surface area contributed by atoms with E-state index >= 15 is 0 Å². The highest BCUT2D eigenvalue weighted by atomic mass is 35.5. The summed E-state index contributed by atoms with van der Waals surface area (Å²) < 4.78 is 0. The van der Waals surface area contributed by atoms with Crippen LogP contribution in [0.25, 0.3) is 11.0 Å². The third-order valence-corrected chi connectivity index (χ3v) is 6.99. The third-order valence-electron chi connectivity index (χ3n) is 6.78. The van der Waals surface area contributed by atoms with E-state index in [1.54, 1.807) is 18.5 Å². The highest BCUT2D eigenvalue weighted by Crippen LogP contribution is 2.47. The van der Waals surface area contributed by atoms with Gasteiger partial charge in [-0.1, -0.05) is 17.7 Å². The van der Waals surface area contributed by atoms with Crippen LogP contribution in [0.5, 0.6) is 0 Å². The predicted molar refractivity (Wildman–Crippen MR) is 120 cm³/mol. The quantitative estimate of drug-likeness (QED) is 0.429. The molecule has 1 aliphatic heterocycles. The first kappa shape index (κ1) is 20.1. The molecule has 0 radical (unpaired) electrons. The van der Waals surface area contributed by atoms with E-state index in [1.165, 1.54) is 0 Å². The largest absolute Gasteiger partial charge is 0.481 e. The number of nitrogens with zero attached hydrogens (tertiary/aromatic N) is 3. The van der Waals surface area contributed by atoms with Crippen molar-refractivity contribution in [1.29, 1.82) is 0 Å². The fraction of sp³-hybridized carbons (Fsp3) is 0.455. The summed E-state index contributed by atoms with van der Waals surface area (Å²) in [6, 6.07) is 1.52. The lowest BCUT2D eigenvalue weighted by Gasteiger charge is -2.45. The molecule has 0 amide bonds. The number of fused-ring (bicyclic) bond motifs is 4. The molecule has 2 aromatic heterocycles. The van der Waals surface area contributed by atoms with E-state index in [0.29, 0.717) is 22.1 Å². The Kier molecular flexibility index (Phi) is 5.17. The van der Waals surface area contributed by atoms with Crippen LogP contribution in [0.15, 0.2) is 40.2 Å². The molecule has 3 heterocycles. The first-order chi connectivity index (χ1) is 15.0. The van der Waals surface area contributed by atoms with E-state index in [2.05, 4.69) is 20.3 Å². The fourth-order valence-corrected chi connectivity index (χ4v) is 5.44. The summed E-state index contributed by atoms with van der Waals surface area (Å²) in [5.41, 5.74) is 8.58. The summed E-state index contributed by atoms with van der Waals surface area (Å²) in [4.78, 5) is 29.0. The van der Waals surface area contributed by atoms with Crippen LogP contribution in [0, 0.1) is 17.8 Å². The molecule has 31 heavy (non-hydrogen) atoms. The zero-order chi connectivity index (χ0) is 21.5. The molecule has 3 aliphatic carbocycles. The Labute approximate surface area is 184 Å². The second kappa shape index (κ2) is 8.00. The molecular formula is C22H25ClN6O2. The number of H-pyrrole nitrogens is 1. The normalized spacial score (nSPS) is 28.6. The topological polar surface area (TPSA) is 129 Å². The van der Waals surface area contributed by atoms with Gasteiger partial charge < -0.3 is 21.1 Å². The fourth-order valence-electron chi connectivity index (χ4n) is 5.28. The van der Waals surface area contributed by atoms with E-state index in [4.69, 9.17) is 22.3 Å². The van der Waals surface area contributed by atoms with Gasteiger partial charge in [-0.25, -0.2) is 9.98 Å². The Morgan fingerprint density at radius 1 is 1.26 bits per heavy atom. The smallest absolute Gasteiger partial charge is 0.308 e. The van der Waals surface area contributed by atoms with Gasteiger partial charge in [-0.3, -0.25) is 9.79 Å². The molecule has 0 aromatic carbocycles. The van der Waals surface area contributed by atoms with Crippen molar-refractivity contribution in [3.63, 3.8) is 0 Å². The Hall–Kier alpha value is -2.87.